The molecule has 0 saturated carbocycles. The first-order valence-corrected chi connectivity index (χ1v) is 7.30. The van der Waals surface area contributed by atoms with Crippen molar-refractivity contribution >= 4 is 5.57 Å². The molecular formula is C19H22O. The van der Waals surface area contributed by atoms with E-state index in [-0.39, 0.29) is 0 Å². The van der Waals surface area contributed by atoms with Crippen LogP contribution in [0.5, 0.6) is 5.75 Å². The van der Waals surface area contributed by atoms with E-state index in [4.69, 9.17) is 4.74 Å². The zero-order chi connectivity index (χ0) is 14.2. The minimum atomic E-state index is 0.897. The number of hydrogen-bond donors (Lipinski definition) is 0. The average molecular weight is 266 g/mol. The topological polar surface area (TPSA) is 9.23 Å². The number of allylic oxidation sites excluding steroid dienone is 7. The van der Waals surface area contributed by atoms with Crippen LogP contribution in [0.1, 0.15) is 38.7 Å². The molecule has 1 aliphatic rings. The van der Waals surface area contributed by atoms with Crippen molar-refractivity contribution in [2.75, 3.05) is 0 Å². The predicted octanol–water partition coefficient (Wildman–Crippen LogP) is 5.67. The van der Waals surface area contributed by atoms with Gasteiger partial charge in [-0.25, -0.2) is 0 Å². The van der Waals surface area contributed by atoms with Gasteiger partial charge in [0.25, 0.3) is 0 Å². The molecule has 0 bridgehead atoms. The second kappa shape index (κ2) is 7.54. The fourth-order valence-electron chi connectivity index (χ4n) is 2.28. The van der Waals surface area contributed by atoms with E-state index in [1.54, 1.807) is 6.26 Å². The lowest BCUT2D eigenvalue weighted by molar-refractivity contribution is 0.477. The highest BCUT2D eigenvalue weighted by Gasteiger charge is 2.11. The van der Waals surface area contributed by atoms with E-state index in [0.29, 0.717) is 0 Å². The van der Waals surface area contributed by atoms with Crippen molar-refractivity contribution in [3.63, 3.8) is 0 Å². The van der Waals surface area contributed by atoms with Gasteiger partial charge < -0.3 is 4.74 Å². The van der Waals surface area contributed by atoms with Crippen LogP contribution in [-0.4, -0.2) is 0 Å². The second-order valence-electron chi connectivity index (χ2n) is 4.82. The van der Waals surface area contributed by atoms with Crippen molar-refractivity contribution in [1.82, 2.24) is 0 Å². The van der Waals surface area contributed by atoms with Crippen LogP contribution in [0.25, 0.3) is 5.57 Å². The van der Waals surface area contributed by atoms with Gasteiger partial charge in [-0.05, 0) is 43.1 Å². The Bertz CT molecular complexity index is 559. The molecule has 0 saturated heterocycles. The van der Waals surface area contributed by atoms with Gasteiger partial charge in [-0.1, -0.05) is 55.8 Å². The molecule has 0 aliphatic carbocycles. The molecule has 0 aromatic heterocycles. The van der Waals surface area contributed by atoms with Gasteiger partial charge in [-0.15, -0.1) is 0 Å². The highest BCUT2D eigenvalue weighted by molar-refractivity contribution is 5.82. The molecule has 1 heteroatoms. The highest BCUT2D eigenvalue weighted by atomic mass is 16.5. The van der Waals surface area contributed by atoms with Crippen LogP contribution >= 0.6 is 0 Å². The Morgan fingerprint density at radius 2 is 2.05 bits per heavy atom. The van der Waals surface area contributed by atoms with Gasteiger partial charge in [0.05, 0.1) is 6.26 Å². The van der Waals surface area contributed by atoms with Crippen molar-refractivity contribution in [3.05, 3.63) is 72.0 Å². The number of hydrogen-bond acceptors (Lipinski definition) is 1. The first-order chi connectivity index (χ1) is 9.86. The third-order valence-corrected chi connectivity index (χ3v) is 3.26. The van der Waals surface area contributed by atoms with Gasteiger partial charge in [0.15, 0.2) is 0 Å². The molecular weight excluding hydrogens is 244 g/mol. The van der Waals surface area contributed by atoms with Gasteiger partial charge in [0.1, 0.15) is 5.75 Å². The molecule has 1 nitrogen and oxygen atoms in total. The molecule has 1 heterocycles. The van der Waals surface area contributed by atoms with E-state index < -0.39 is 0 Å². The number of benzene rings is 1. The summed E-state index contributed by atoms with van der Waals surface area (Å²) in [6.07, 6.45) is 15.8. The van der Waals surface area contributed by atoms with Crippen LogP contribution < -0.4 is 4.74 Å². The second-order valence-corrected chi connectivity index (χ2v) is 4.82. The molecule has 0 atom stereocenters. The minimum Gasteiger partial charge on any atom is -0.465 e. The molecule has 1 aliphatic heterocycles. The van der Waals surface area contributed by atoms with Crippen molar-refractivity contribution in [3.8, 4) is 5.75 Å². The van der Waals surface area contributed by atoms with Crippen molar-refractivity contribution in [1.29, 1.82) is 0 Å². The lowest BCUT2D eigenvalue weighted by Crippen LogP contribution is -1.96. The Kier molecular flexibility index (Phi) is 5.43. The van der Waals surface area contributed by atoms with Gasteiger partial charge >= 0.3 is 0 Å². The van der Waals surface area contributed by atoms with E-state index >= 15 is 0 Å². The number of rotatable bonds is 4. The van der Waals surface area contributed by atoms with Crippen LogP contribution in [-0.2, 0) is 0 Å². The summed E-state index contributed by atoms with van der Waals surface area (Å²) in [6, 6.07) is 8.21. The van der Waals surface area contributed by atoms with Crippen LogP contribution in [0.15, 0.2) is 66.5 Å². The molecule has 0 unspecified atom stereocenters. The molecule has 0 amide bonds. The highest BCUT2D eigenvalue weighted by Crippen LogP contribution is 2.32. The van der Waals surface area contributed by atoms with Gasteiger partial charge in [-0.2, -0.15) is 0 Å². The Labute approximate surface area is 122 Å². The van der Waals surface area contributed by atoms with Crippen molar-refractivity contribution in [2.24, 2.45) is 0 Å². The number of ether oxygens (including phenoxy) is 1. The predicted molar refractivity (Wildman–Crippen MR) is 86.6 cm³/mol. The Morgan fingerprint density at radius 1 is 1.20 bits per heavy atom. The number of fused-ring (bicyclic) bond motifs is 1. The van der Waals surface area contributed by atoms with Gasteiger partial charge in [-0.3, -0.25) is 0 Å². The molecule has 0 N–H and O–H groups in total. The maximum atomic E-state index is 5.71. The summed E-state index contributed by atoms with van der Waals surface area (Å²) in [5, 5.41) is 0. The first kappa shape index (κ1) is 14.4. The molecule has 20 heavy (non-hydrogen) atoms. The zero-order valence-electron chi connectivity index (χ0n) is 12.3. The Hall–Kier alpha value is -2.02. The minimum absolute atomic E-state index is 0.897. The molecule has 1 aromatic carbocycles. The van der Waals surface area contributed by atoms with Gasteiger partial charge in [0.2, 0.25) is 0 Å². The Balaban J connectivity index is 2.52. The summed E-state index contributed by atoms with van der Waals surface area (Å²) in [5.74, 6) is 0.915. The summed E-state index contributed by atoms with van der Waals surface area (Å²) in [4.78, 5) is 0. The quantitative estimate of drug-likeness (QED) is 0.682. The molecule has 0 radical (unpaired) electrons. The van der Waals surface area contributed by atoms with E-state index in [1.807, 2.05) is 12.1 Å². The molecule has 0 fully saturated rings. The fourth-order valence-corrected chi connectivity index (χ4v) is 2.28. The van der Waals surface area contributed by atoms with Crippen LogP contribution in [0.3, 0.4) is 0 Å². The first-order valence-electron chi connectivity index (χ1n) is 7.30. The summed E-state index contributed by atoms with van der Waals surface area (Å²) in [5.41, 5.74) is 3.74. The summed E-state index contributed by atoms with van der Waals surface area (Å²) in [7, 11) is 0. The maximum absolute atomic E-state index is 5.71. The lowest BCUT2D eigenvalue weighted by atomic mass is 9.95. The van der Waals surface area contributed by atoms with E-state index in [1.165, 1.54) is 17.6 Å². The normalized spacial score (nSPS) is 20.5. The standard InChI is InChI=1S/C19H22O/c1-3-5-6-11-16-12-9-15-20-19-14-8-7-13-18(19)17(16)10-4-2/h4,6-11,13-15H,3,5,12H2,1-2H3/b10-4-,11-6-,15-9-,17-16-. The smallest absolute Gasteiger partial charge is 0.134 e. The number of unbranched alkanes of at least 4 members (excludes halogenated alkanes) is 1. The molecule has 104 valence electrons. The fraction of sp³-hybridized carbons (Fsp3) is 0.263. The third-order valence-electron chi connectivity index (χ3n) is 3.26. The van der Waals surface area contributed by atoms with E-state index in [0.717, 1.165) is 24.2 Å². The monoisotopic (exact) mass is 266 g/mol. The third kappa shape index (κ3) is 3.51. The van der Waals surface area contributed by atoms with Crippen LogP contribution in [0, 0.1) is 0 Å². The van der Waals surface area contributed by atoms with Gasteiger partial charge in [0, 0.05) is 5.56 Å². The molecule has 1 aromatic rings. The van der Waals surface area contributed by atoms with Crippen molar-refractivity contribution in [2.45, 2.75) is 33.1 Å². The maximum Gasteiger partial charge on any atom is 0.134 e. The van der Waals surface area contributed by atoms with Crippen LogP contribution in [0.2, 0.25) is 0 Å². The average Bonchev–Trinajstić information content (AvgIpc) is 2.46. The zero-order valence-corrected chi connectivity index (χ0v) is 12.3. The molecule has 0 spiro atoms. The van der Waals surface area contributed by atoms with E-state index in [2.05, 4.69) is 56.4 Å². The summed E-state index contributed by atoms with van der Waals surface area (Å²) >= 11 is 0. The van der Waals surface area contributed by atoms with Crippen LogP contribution in [0.4, 0.5) is 0 Å². The Morgan fingerprint density at radius 3 is 2.85 bits per heavy atom. The lowest BCUT2D eigenvalue weighted by Gasteiger charge is -2.15. The SMILES string of the molecule is C\C=C/C1=C(\C=C/CCC)C/C=C\Oc2ccccc21. The van der Waals surface area contributed by atoms with Crippen molar-refractivity contribution < 1.29 is 4.74 Å². The van der Waals surface area contributed by atoms with E-state index in [9.17, 15) is 0 Å². The largest absolute Gasteiger partial charge is 0.465 e. The summed E-state index contributed by atoms with van der Waals surface area (Å²) < 4.78 is 5.71. The summed E-state index contributed by atoms with van der Waals surface area (Å²) in [6.45, 7) is 4.26. The number of para-hydroxylation sites is 1. The molecule has 2 rings (SSSR count).